The number of hydrogen-bond acceptors (Lipinski definition) is 9. The number of nitrogen functional groups attached to an aromatic ring is 1. The fourth-order valence-electron chi connectivity index (χ4n) is 3.76. The third kappa shape index (κ3) is 6.86. The van der Waals surface area contributed by atoms with Gasteiger partial charge in [0.15, 0.2) is 17.9 Å². The molecule has 0 aliphatic carbocycles. The van der Waals surface area contributed by atoms with Gasteiger partial charge in [-0.2, -0.15) is 0 Å². The van der Waals surface area contributed by atoms with Crippen LogP contribution in [0.15, 0.2) is 18.2 Å². The number of amides is 1. The summed E-state index contributed by atoms with van der Waals surface area (Å²) in [7, 11) is 0. The van der Waals surface area contributed by atoms with Gasteiger partial charge in [-0.1, -0.05) is 39.7 Å². The summed E-state index contributed by atoms with van der Waals surface area (Å²) in [4.78, 5) is 51.6. The van der Waals surface area contributed by atoms with E-state index in [4.69, 9.17) is 19.9 Å². The number of aromatic hydroxyl groups is 1. The smallest absolute Gasteiger partial charge is 0.332 e. The van der Waals surface area contributed by atoms with E-state index in [0.29, 0.717) is 19.3 Å². The van der Waals surface area contributed by atoms with Gasteiger partial charge in [0.05, 0.1) is 23.1 Å². The van der Waals surface area contributed by atoms with Crippen molar-refractivity contribution in [2.75, 3.05) is 5.73 Å². The van der Waals surface area contributed by atoms with Crippen molar-refractivity contribution in [2.24, 2.45) is 11.8 Å². The summed E-state index contributed by atoms with van der Waals surface area (Å²) in [6.45, 7) is 8.51. The van der Waals surface area contributed by atoms with Crippen molar-refractivity contribution in [3.63, 3.8) is 0 Å². The minimum absolute atomic E-state index is 0.00692. The molecule has 0 radical (unpaired) electrons. The highest BCUT2D eigenvalue weighted by molar-refractivity contribution is 6.00. The minimum atomic E-state index is -1.37. The second-order valence-corrected chi connectivity index (χ2v) is 8.94. The average Bonchev–Trinajstić information content (AvgIpc) is 2.84. The Morgan fingerprint density at radius 3 is 2.43 bits per heavy atom. The number of esters is 3. The largest absolute Gasteiger partial charge is 0.505 e. The quantitative estimate of drug-likeness (QED) is 0.215. The number of para-hydroxylation sites is 1. The molecule has 4 N–H and O–H groups in total. The third-order valence-electron chi connectivity index (χ3n) is 6.22. The maximum absolute atomic E-state index is 13.2. The highest BCUT2D eigenvalue weighted by Gasteiger charge is 2.44. The topological polar surface area (TPSA) is 154 Å². The Morgan fingerprint density at radius 1 is 1.14 bits per heavy atom. The predicted octanol–water partition coefficient (Wildman–Crippen LogP) is 2.71. The highest BCUT2D eigenvalue weighted by Crippen LogP contribution is 2.28. The lowest BCUT2D eigenvalue weighted by Crippen LogP contribution is -2.50. The standard InChI is InChI=1S/C25H36N2O8/c1-6-8-10-17-21(35-23(30)13(3)7-2)15(5)34-25(32)19(14(4)33-24(17)31)27-22(29)16-11-9-12-18(26)20(16)28/h9,11-15,17,19,21,28H,6-8,10,26H2,1-5H3,(H,27,29)/t13?,14-,15+,17-,19+,21+/m1/s1. The van der Waals surface area contributed by atoms with Crippen LogP contribution in [0.2, 0.25) is 0 Å². The third-order valence-corrected chi connectivity index (χ3v) is 6.22. The predicted molar refractivity (Wildman–Crippen MR) is 127 cm³/mol. The van der Waals surface area contributed by atoms with Crippen molar-refractivity contribution in [3.8, 4) is 5.75 Å². The molecule has 10 heteroatoms. The Balaban J connectivity index is 2.35. The molecule has 0 bridgehead atoms. The van der Waals surface area contributed by atoms with Crippen LogP contribution in [-0.4, -0.2) is 53.3 Å². The Kier molecular flexibility index (Phi) is 9.91. The number of nitrogens with two attached hydrogens (primary N) is 1. The maximum atomic E-state index is 13.2. The summed E-state index contributed by atoms with van der Waals surface area (Å²) in [5.41, 5.74) is 5.50. The first-order chi connectivity index (χ1) is 16.5. The monoisotopic (exact) mass is 492 g/mol. The van der Waals surface area contributed by atoms with Gasteiger partial charge in [-0.25, -0.2) is 4.79 Å². The number of phenolic OH excluding ortho intramolecular Hbond substituents is 1. The van der Waals surface area contributed by atoms with Crippen molar-refractivity contribution < 1.29 is 38.5 Å². The van der Waals surface area contributed by atoms with E-state index in [0.717, 1.165) is 6.42 Å². The molecule has 1 aromatic carbocycles. The highest BCUT2D eigenvalue weighted by atomic mass is 16.6. The second-order valence-electron chi connectivity index (χ2n) is 8.94. The number of unbranched alkanes of at least 4 members (excludes halogenated alkanes) is 1. The molecule has 1 aliphatic rings. The van der Waals surface area contributed by atoms with Gasteiger partial charge in [-0.15, -0.1) is 0 Å². The van der Waals surface area contributed by atoms with Crippen LogP contribution in [0, 0.1) is 11.8 Å². The van der Waals surface area contributed by atoms with Gasteiger partial charge in [0.1, 0.15) is 12.2 Å². The molecule has 1 unspecified atom stereocenters. The van der Waals surface area contributed by atoms with Gasteiger partial charge in [0.25, 0.3) is 5.91 Å². The van der Waals surface area contributed by atoms with E-state index < -0.39 is 65.8 Å². The van der Waals surface area contributed by atoms with Crippen LogP contribution in [0.1, 0.15) is 70.7 Å². The Hall–Kier alpha value is -3.30. The Bertz CT molecular complexity index is 934. The molecular weight excluding hydrogens is 456 g/mol. The van der Waals surface area contributed by atoms with Crippen LogP contribution < -0.4 is 11.1 Å². The van der Waals surface area contributed by atoms with Crippen molar-refractivity contribution in [1.82, 2.24) is 5.32 Å². The molecule has 2 rings (SSSR count). The van der Waals surface area contributed by atoms with Gasteiger partial charge < -0.3 is 30.4 Å². The zero-order valence-corrected chi connectivity index (χ0v) is 20.9. The summed E-state index contributed by atoms with van der Waals surface area (Å²) in [6, 6.07) is 2.87. The number of carbonyl (C=O) groups excluding carboxylic acids is 4. The molecule has 1 fully saturated rings. The second kappa shape index (κ2) is 12.4. The van der Waals surface area contributed by atoms with Gasteiger partial charge in [-0.05, 0) is 38.8 Å². The van der Waals surface area contributed by atoms with Gasteiger partial charge in [-0.3, -0.25) is 14.4 Å². The normalized spacial score (nSPS) is 25.8. The molecule has 0 spiro atoms. The van der Waals surface area contributed by atoms with Crippen LogP contribution in [-0.2, 0) is 28.6 Å². The molecule has 35 heavy (non-hydrogen) atoms. The van der Waals surface area contributed by atoms with E-state index in [1.165, 1.54) is 32.0 Å². The number of cyclic esters (lactones) is 2. The molecule has 1 aromatic rings. The molecule has 0 aromatic heterocycles. The number of ether oxygens (including phenoxy) is 3. The first kappa shape index (κ1) is 27.9. The Morgan fingerprint density at radius 2 is 1.80 bits per heavy atom. The molecule has 0 saturated carbocycles. The molecule has 1 aliphatic heterocycles. The zero-order chi connectivity index (χ0) is 26.3. The van der Waals surface area contributed by atoms with E-state index in [2.05, 4.69) is 5.32 Å². The first-order valence-corrected chi connectivity index (χ1v) is 12.0. The fraction of sp³-hybridized carbons (Fsp3) is 0.600. The number of nitrogens with one attached hydrogen (secondary N) is 1. The number of hydrogen-bond donors (Lipinski definition) is 3. The van der Waals surface area contributed by atoms with Crippen molar-refractivity contribution in [1.29, 1.82) is 0 Å². The van der Waals surface area contributed by atoms with Crippen LogP contribution in [0.3, 0.4) is 0 Å². The average molecular weight is 493 g/mol. The van der Waals surface area contributed by atoms with Gasteiger partial charge in [0, 0.05) is 0 Å². The lowest BCUT2D eigenvalue weighted by molar-refractivity contribution is -0.177. The van der Waals surface area contributed by atoms with Crippen LogP contribution in [0.4, 0.5) is 5.69 Å². The minimum Gasteiger partial charge on any atom is -0.505 e. The summed E-state index contributed by atoms with van der Waals surface area (Å²) < 4.78 is 16.8. The van der Waals surface area contributed by atoms with Crippen LogP contribution in [0.25, 0.3) is 0 Å². The van der Waals surface area contributed by atoms with E-state index in [-0.39, 0.29) is 11.3 Å². The summed E-state index contributed by atoms with van der Waals surface area (Å²) >= 11 is 0. The van der Waals surface area contributed by atoms with Gasteiger partial charge >= 0.3 is 17.9 Å². The number of benzene rings is 1. The number of carbonyl (C=O) groups is 4. The maximum Gasteiger partial charge on any atom is 0.332 e. The molecule has 194 valence electrons. The molecule has 1 saturated heterocycles. The van der Waals surface area contributed by atoms with E-state index in [1.54, 1.807) is 6.92 Å². The summed E-state index contributed by atoms with van der Waals surface area (Å²) in [5.74, 6) is -4.49. The first-order valence-electron chi connectivity index (χ1n) is 12.0. The van der Waals surface area contributed by atoms with E-state index in [1.807, 2.05) is 13.8 Å². The summed E-state index contributed by atoms with van der Waals surface area (Å²) in [5, 5.41) is 12.6. The van der Waals surface area contributed by atoms with Gasteiger partial charge in [0.2, 0.25) is 0 Å². The van der Waals surface area contributed by atoms with Crippen molar-refractivity contribution in [3.05, 3.63) is 23.8 Å². The fourth-order valence-corrected chi connectivity index (χ4v) is 3.76. The number of rotatable bonds is 8. The molecule has 1 amide bonds. The SMILES string of the molecule is CCCC[C@H]1C(=O)O[C@H](C)[C@H](NC(=O)c2cccc(N)c2O)C(=O)O[C@@H](C)[C@@H]1OC(=O)C(C)CC. The summed E-state index contributed by atoms with van der Waals surface area (Å²) in [6.07, 6.45) is -0.734. The van der Waals surface area contributed by atoms with Crippen molar-refractivity contribution >= 4 is 29.5 Å². The lowest BCUT2D eigenvalue weighted by Gasteiger charge is -2.30. The van der Waals surface area contributed by atoms with Crippen molar-refractivity contribution in [2.45, 2.75) is 84.7 Å². The molecule has 1 heterocycles. The zero-order valence-electron chi connectivity index (χ0n) is 20.9. The number of anilines is 1. The number of phenols is 1. The van der Waals surface area contributed by atoms with Crippen LogP contribution >= 0.6 is 0 Å². The lowest BCUT2D eigenvalue weighted by atomic mass is 9.92. The molecule has 6 atom stereocenters. The molecule has 10 nitrogen and oxygen atoms in total. The van der Waals surface area contributed by atoms with E-state index >= 15 is 0 Å². The van der Waals surface area contributed by atoms with E-state index in [9.17, 15) is 24.3 Å². The molecular formula is C25H36N2O8. The Labute approximate surface area is 205 Å². The van der Waals surface area contributed by atoms with Crippen LogP contribution in [0.5, 0.6) is 5.75 Å².